The zero-order chi connectivity index (χ0) is 26.4. The zero-order valence-electron chi connectivity index (χ0n) is 22.4. The first-order chi connectivity index (χ1) is 17.9. The van der Waals surface area contributed by atoms with Crippen molar-refractivity contribution in [3.05, 3.63) is 21.9 Å². The molecule has 3 unspecified atom stereocenters. The van der Waals surface area contributed by atoms with Crippen LogP contribution in [0, 0.1) is 29.1 Å². The minimum absolute atomic E-state index is 0.0182. The topological polar surface area (TPSA) is 94.0 Å². The summed E-state index contributed by atoms with van der Waals surface area (Å²) in [6, 6.07) is 2.83. The predicted molar refractivity (Wildman–Crippen MR) is 151 cm³/mol. The van der Waals surface area contributed by atoms with Crippen LogP contribution in [0.25, 0.3) is 0 Å². The molecular weight excluding hydrogens is 504 g/mol. The summed E-state index contributed by atoms with van der Waals surface area (Å²) in [6.07, 6.45) is 13.7. The van der Waals surface area contributed by atoms with Gasteiger partial charge in [-0.25, -0.2) is 0 Å². The normalized spacial score (nSPS) is 31.4. The smallest absolute Gasteiger partial charge is 0.249 e. The SMILES string of the molecule is CC1=C(C(=O)NC2CCC(Cl)CC2)C(C2CCCCC2)C(C#N)=C(SCC(=O)NC2CCCCC2C)N1. The lowest BCUT2D eigenvalue weighted by atomic mass is 9.71. The van der Waals surface area contributed by atoms with Crippen molar-refractivity contribution in [1.82, 2.24) is 16.0 Å². The number of allylic oxidation sites excluding steroid dienone is 2. The lowest BCUT2D eigenvalue weighted by Crippen LogP contribution is -2.44. The molecule has 0 radical (unpaired) electrons. The minimum atomic E-state index is -0.222. The minimum Gasteiger partial charge on any atom is -0.353 e. The van der Waals surface area contributed by atoms with Crippen molar-refractivity contribution in [3.8, 4) is 6.07 Å². The maximum Gasteiger partial charge on any atom is 0.249 e. The molecule has 4 rings (SSSR count). The maximum absolute atomic E-state index is 13.7. The van der Waals surface area contributed by atoms with Crippen molar-refractivity contribution in [2.45, 2.75) is 115 Å². The number of amides is 2. The predicted octanol–water partition coefficient (Wildman–Crippen LogP) is 5.89. The van der Waals surface area contributed by atoms with Crippen LogP contribution >= 0.6 is 23.4 Å². The van der Waals surface area contributed by atoms with Crippen molar-refractivity contribution in [3.63, 3.8) is 0 Å². The highest BCUT2D eigenvalue weighted by Gasteiger charge is 2.39. The fourth-order valence-corrected chi connectivity index (χ4v) is 7.85. The van der Waals surface area contributed by atoms with E-state index in [-0.39, 0.29) is 46.9 Å². The molecule has 37 heavy (non-hydrogen) atoms. The Balaban J connectivity index is 1.49. The zero-order valence-corrected chi connectivity index (χ0v) is 24.0. The van der Waals surface area contributed by atoms with E-state index >= 15 is 0 Å². The van der Waals surface area contributed by atoms with E-state index in [1.165, 1.54) is 31.0 Å². The van der Waals surface area contributed by atoms with Crippen molar-refractivity contribution < 1.29 is 9.59 Å². The average molecular weight is 547 g/mol. The molecule has 4 aliphatic rings. The number of nitrogens with one attached hydrogen (secondary N) is 3. The Labute approximate surface area is 231 Å². The van der Waals surface area contributed by atoms with Gasteiger partial charge in [0.25, 0.3) is 0 Å². The van der Waals surface area contributed by atoms with Gasteiger partial charge < -0.3 is 16.0 Å². The summed E-state index contributed by atoms with van der Waals surface area (Å²) >= 11 is 7.68. The van der Waals surface area contributed by atoms with Gasteiger partial charge in [0.05, 0.1) is 22.4 Å². The van der Waals surface area contributed by atoms with Gasteiger partial charge in [0.1, 0.15) is 0 Å². The molecule has 0 spiro atoms. The van der Waals surface area contributed by atoms with Gasteiger partial charge in [0.15, 0.2) is 0 Å². The first-order valence-electron chi connectivity index (χ1n) is 14.4. The summed E-state index contributed by atoms with van der Waals surface area (Å²) in [5.41, 5.74) is 2.14. The molecule has 3 saturated carbocycles. The first kappa shape index (κ1) is 28.4. The number of halogens is 1. The van der Waals surface area contributed by atoms with E-state index in [2.05, 4.69) is 28.9 Å². The fourth-order valence-electron chi connectivity index (χ4n) is 6.69. The molecule has 0 aromatic rings. The summed E-state index contributed by atoms with van der Waals surface area (Å²) in [7, 11) is 0. The largest absolute Gasteiger partial charge is 0.353 e. The van der Waals surface area contributed by atoms with E-state index in [0.717, 1.165) is 74.9 Å². The number of carbonyl (C=O) groups excluding carboxylic acids is 2. The Morgan fingerprint density at radius 1 is 1.00 bits per heavy atom. The van der Waals surface area contributed by atoms with Crippen LogP contribution in [0.2, 0.25) is 0 Å². The quantitative estimate of drug-likeness (QED) is 0.346. The van der Waals surface area contributed by atoms with Crippen molar-refractivity contribution >= 4 is 35.2 Å². The highest BCUT2D eigenvalue weighted by Crippen LogP contribution is 2.43. The van der Waals surface area contributed by atoms with Crippen LogP contribution in [-0.2, 0) is 9.59 Å². The highest BCUT2D eigenvalue weighted by molar-refractivity contribution is 8.03. The summed E-state index contributed by atoms with van der Waals surface area (Å²) in [5, 5.41) is 21.1. The Kier molecular flexibility index (Phi) is 10.3. The molecule has 3 aliphatic carbocycles. The summed E-state index contributed by atoms with van der Waals surface area (Å²) in [6.45, 7) is 4.16. The van der Waals surface area contributed by atoms with Crippen LogP contribution in [0.4, 0.5) is 0 Å². The van der Waals surface area contributed by atoms with Gasteiger partial charge in [-0.2, -0.15) is 5.26 Å². The number of carbonyl (C=O) groups is 2. The van der Waals surface area contributed by atoms with Crippen LogP contribution in [0.5, 0.6) is 0 Å². The van der Waals surface area contributed by atoms with Crippen LogP contribution in [0.1, 0.15) is 97.3 Å². The summed E-state index contributed by atoms with van der Waals surface area (Å²) < 4.78 is 0. The average Bonchev–Trinajstić information content (AvgIpc) is 2.90. The van der Waals surface area contributed by atoms with E-state index in [4.69, 9.17) is 11.6 Å². The lowest BCUT2D eigenvalue weighted by molar-refractivity contribution is -0.120. The molecule has 3 N–H and O–H groups in total. The van der Waals surface area contributed by atoms with Gasteiger partial charge in [0.2, 0.25) is 11.8 Å². The summed E-state index contributed by atoms with van der Waals surface area (Å²) in [4.78, 5) is 26.5. The van der Waals surface area contributed by atoms with Crippen molar-refractivity contribution in [2.24, 2.45) is 17.8 Å². The van der Waals surface area contributed by atoms with Gasteiger partial charge in [-0.3, -0.25) is 9.59 Å². The standard InChI is InChI=1S/C29H43ClN4O2S/c1-18-8-6-7-11-24(18)34-25(35)17-37-29-23(16-31)27(20-9-4-3-5-10-20)26(19(2)32-29)28(36)33-22-14-12-21(30)13-15-22/h18,20-22,24,27,32H,3-15,17H2,1-2H3,(H,33,36)(H,34,35). The van der Waals surface area contributed by atoms with Gasteiger partial charge in [-0.15, -0.1) is 11.6 Å². The molecule has 6 nitrogen and oxygen atoms in total. The van der Waals surface area contributed by atoms with Crippen molar-refractivity contribution in [2.75, 3.05) is 5.75 Å². The van der Waals surface area contributed by atoms with Crippen LogP contribution in [0.15, 0.2) is 21.9 Å². The van der Waals surface area contributed by atoms with Gasteiger partial charge in [-0.1, -0.05) is 50.8 Å². The molecule has 0 bridgehead atoms. The van der Waals surface area contributed by atoms with Crippen LogP contribution in [-0.4, -0.2) is 35.0 Å². The summed E-state index contributed by atoms with van der Waals surface area (Å²) in [5.74, 6) is 0.784. The number of nitriles is 1. The Bertz CT molecular complexity index is 944. The molecule has 204 valence electrons. The number of hydrogen-bond donors (Lipinski definition) is 3. The Morgan fingerprint density at radius 2 is 1.68 bits per heavy atom. The van der Waals surface area contributed by atoms with Crippen molar-refractivity contribution in [1.29, 1.82) is 5.26 Å². The van der Waals surface area contributed by atoms with Crippen LogP contribution in [0.3, 0.4) is 0 Å². The van der Waals surface area contributed by atoms with E-state index < -0.39 is 0 Å². The number of dihydropyridines is 1. The molecule has 8 heteroatoms. The van der Waals surface area contributed by atoms with E-state index in [9.17, 15) is 14.9 Å². The fraction of sp³-hybridized carbons (Fsp3) is 0.759. The lowest BCUT2D eigenvalue weighted by Gasteiger charge is -2.37. The number of rotatable bonds is 7. The second-order valence-corrected chi connectivity index (χ2v) is 13.1. The molecule has 1 aliphatic heterocycles. The molecule has 0 aromatic heterocycles. The Morgan fingerprint density at radius 3 is 2.35 bits per heavy atom. The number of nitrogens with zero attached hydrogens (tertiary/aromatic N) is 1. The van der Waals surface area contributed by atoms with Crippen LogP contribution < -0.4 is 16.0 Å². The third-order valence-electron chi connectivity index (χ3n) is 8.86. The number of alkyl halides is 1. The number of hydrogen-bond acceptors (Lipinski definition) is 5. The monoisotopic (exact) mass is 546 g/mol. The third kappa shape index (κ3) is 7.26. The highest BCUT2D eigenvalue weighted by atomic mass is 35.5. The molecule has 2 amide bonds. The van der Waals surface area contributed by atoms with Gasteiger partial charge in [0, 0.05) is 34.6 Å². The van der Waals surface area contributed by atoms with E-state index in [0.29, 0.717) is 17.1 Å². The second kappa shape index (κ2) is 13.4. The molecule has 0 saturated heterocycles. The van der Waals surface area contributed by atoms with Gasteiger partial charge >= 0.3 is 0 Å². The number of thioether (sulfide) groups is 1. The van der Waals surface area contributed by atoms with E-state index in [1.807, 2.05) is 6.92 Å². The third-order valence-corrected chi connectivity index (χ3v) is 10.3. The molecule has 3 fully saturated rings. The van der Waals surface area contributed by atoms with E-state index in [1.54, 1.807) is 0 Å². The Hall–Kier alpha value is -1.65. The maximum atomic E-state index is 13.7. The first-order valence-corrected chi connectivity index (χ1v) is 15.8. The molecule has 3 atom stereocenters. The molecule has 0 aromatic carbocycles. The van der Waals surface area contributed by atoms with Gasteiger partial charge in [-0.05, 0) is 70.1 Å². The second-order valence-electron chi connectivity index (χ2n) is 11.5. The molecule has 1 heterocycles. The molecular formula is C29H43ClN4O2S.